The number of aromatic nitrogens is 2. The first-order chi connectivity index (χ1) is 8.72. The minimum absolute atomic E-state index is 0.133. The largest absolute Gasteiger partial charge is 0.395 e. The van der Waals surface area contributed by atoms with Crippen molar-refractivity contribution in [3.8, 4) is 0 Å². The van der Waals surface area contributed by atoms with E-state index in [-0.39, 0.29) is 6.61 Å². The third-order valence-electron chi connectivity index (χ3n) is 3.70. The molecule has 1 N–H and O–H groups in total. The average Bonchev–Trinajstić information content (AvgIpc) is 2.92. The highest BCUT2D eigenvalue weighted by molar-refractivity contribution is 5.49. The van der Waals surface area contributed by atoms with Gasteiger partial charge < -0.3 is 14.9 Å². The van der Waals surface area contributed by atoms with Crippen LogP contribution in [0.25, 0.3) is 0 Å². The van der Waals surface area contributed by atoms with E-state index >= 15 is 0 Å². The summed E-state index contributed by atoms with van der Waals surface area (Å²) in [5.41, 5.74) is 0. The zero-order valence-corrected chi connectivity index (χ0v) is 11.2. The van der Waals surface area contributed by atoms with E-state index < -0.39 is 0 Å². The highest BCUT2D eigenvalue weighted by atomic mass is 16.3. The molecule has 0 radical (unpaired) electrons. The molecule has 0 aliphatic heterocycles. The first kappa shape index (κ1) is 13.1. The Kier molecular flexibility index (Phi) is 4.36. The summed E-state index contributed by atoms with van der Waals surface area (Å²) in [6.45, 7) is 0.720. The molecule has 0 atom stereocenters. The summed E-state index contributed by atoms with van der Waals surface area (Å²) in [5.74, 6) is 1.83. The monoisotopic (exact) mass is 250 g/mol. The van der Waals surface area contributed by atoms with Crippen molar-refractivity contribution in [1.29, 1.82) is 0 Å². The molecule has 0 bridgehead atoms. The molecule has 1 aromatic rings. The fraction of sp³-hybridized carbons (Fsp3) is 0.692. The zero-order chi connectivity index (χ0) is 13.0. The van der Waals surface area contributed by atoms with Crippen LogP contribution in [0.2, 0.25) is 0 Å². The van der Waals surface area contributed by atoms with E-state index in [2.05, 4.69) is 21.9 Å². The third kappa shape index (κ3) is 2.90. The highest BCUT2D eigenvalue weighted by Gasteiger charge is 2.21. The minimum atomic E-state index is 0.133. The van der Waals surface area contributed by atoms with Gasteiger partial charge in [-0.05, 0) is 12.8 Å². The van der Waals surface area contributed by atoms with Crippen molar-refractivity contribution in [2.24, 2.45) is 0 Å². The van der Waals surface area contributed by atoms with Gasteiger partial charge in [0.15, 0.2) is 0 Å². The van der Waals surface area contributed by atoms with E-state index in [4.69, 9.17) is 5.11 Å². The maximum Gasteiger partial charge on any atom is 0.134 e. The number of hydrogen-bond donors (Lipinski definition) is 1. The summed E-state index contributed by atoms with van der Waals surface area (Å²) < 4.78 is 0. The Bertz CT molecular complexity index is 379. The van der Waals surface area contributed by atoms with Gasteiger partial charge in [-0.3, -0.25) is 0 Å². The van der Waals surface area contributed by atoms with Crippen molar-refractivity contribution < 1.29 is 5.11 Å². The molecule has 1 fully saturated rings. The molecule has 0 unspecified atom stereocenters. The zero-order valence-electron chi connectivity index (χ0n) is 11.2. The van der Waals surface area contributed by atoms with Crippen LogP contribution in [0.5, 0.6) is 0 Å². The molecule has 1 aliphatic carbocycles. The summed E-state index contributed by atoms with van der Waals surface area (Å²) in [6, 6.07) is 2.60. The molecule has 1 aromatic heterocycles. The number of hydrogen-bond acceptors (Lipinski definition) is 5. The van der Waals surface area contributed by atoms with Gasteiger partial charge in [-0.2, -0.15) is 0 Å². The Hall–Kier alpha value is -1.36. The second kappa shape index (κ2) is 6.00. The normalized spacial score (nSPS) is 15.9. The lowest BCUT2D eigenvalue weighted by Crippen LogP contribution is -2.30. The molecule has 1 saturated carbocycles. The van der Waals surface area contributed by atoms with Crippen LogP contribution in [-0.2, 0) is 0 Å². The topological polar surface area (TPSA) is 52.5 Å². The molecule has 2 rings (SSSR count). The van der Waals surface area contributed by atoms with Crippen LogP contribution in [0.4, 0.5) is 11.6 Å². The summed E-state index contributed by atoms with van der Waals surface area (Å²) in [7, 11) is 4.03. The highest BCUT2D eigenvalue weighted by Crippen LogP contribution is 2.26. The summed E-state index contributed by atoms with van der Waals surface area (Å²) in [4.78, 5) is 12.8. The van der Waals surface area contributed by atoms with Gasteiger partial charge in [-0.1, -0.05) is 12.8 Å². The van der Waals surface area contributed by atoms with Crippen molar-refractivity contribution in [2.45, 2.75) is 31.7 Å². The van der Waals surface area contributed by atoms with Crippen molar-refractivity contribution >= 4 is 11.6 Å². The van der Waals surface area contributed by atoms with E-state index in [1.165, 1.54) is 25.7 Å². The molecule has 100 valence electrons. The molecule has 1 aliphatic rings. The Labute approximate surface area is 108 Å². The lowest BCUT2D eigenvalue weighted by Gasteiger charge is -2.26. The van der Waals surface area contributed by atoms with Gasteiger partial charge in [-0.25, -0.2) is 9.97 Å². The third-order valence-corrected chi connectivity index (χ3v) is 3.70. The van der Waals surface area contributed by atoms with Crippen molar-refractivity contribution in [2.75, 3.05) is 37.0 Å². The van der Waals surface area contributed by atoms with E-state index in [1.54, 1.807) is 6.33 Å². The number of rotatable bonds is 5. The molecule has 5 heteroatoms. The molecular formula is C13H22N4O. The molecule has 0 amide bonds. The van der Waals surface area contributed by atoms with Crippen LogP contribution >= 0.6 is 0 Å². The van der Waals surface area contributed by atoms with Crippen LogP contribution in [0, 0.1) is 0 Å². The van der Waals surface area contributed by atoms with Crippen molar-refractivity contribution in [1.82, 2.24) is 9.97 Å². The number of likely N-dealkylation sites (N-methyl/N-ethyl adjacent to an activating group) is 1. The summed E-state index contributed by atoms with van der Waals surface area (Å²) in [5, 5.41) is 8.95. The van der Waals surface area contributed by atoms with Gasteiger partial charge >= 0.3 is 0 Å². The Morgan fingerprint density at radius 3 is 2.56 bits per heavy atom. The fourth-order valence-electron chi connectivity index (χ4n) is 2.48. The lowest BCUT2D eigenvalue weighted by molar-refractivity contribution is 0.304. The van der Waals surface area contributed by atoms with Crippen molar-refractivity contribution in [3.05, 3.63) is 12.4 Å². The standard InChI is InChI=1S/C13H22N4O/c1-16(7-8-18)12-9-13(15-10-14-12)17(2)11-5-3-4-6-11/h9-11,18H,3-8H2,1-2H3. The van der Waals surface area contributed by atoms with Gasteiger partial charge in [-0.15, -0.1) is 0 Å². The summed E-state index contributed by atoms with van der Waals surface area (Å²) in [6.07, 6.45) is 6.74. The van der Waals surface area contributed by atoms with Gasteiger partial charge in [0.05, 0.1) is 6.61 Å². The predicted octanol–water partition coefficient (Wildman–Crippen LogP) is 1.28. The molecule has 5 nitrogen and oxygen atoms in total. The van der Waals surface area contributed by atoms with E-state index in [0.717, 1.165) is 11.6 Å². The second-order valence-corrected chi connectivity index (χ2v) is 4.93. The predicted molar refractivity (Wildman–Crippen MR) is 73.0 cm³/mol. The van der Waals surface area contributed by atoms with E-state index in [0.29, 0.717) is 12.6 Å². The maximum atomic E-state index is 8.95. The quantitative estimate of drug-likeness (QED) is 0.853. The van der Waals surface area contributed by atoms with Gasteiger partial charge in [0.2, 0.25) is 0 Å². The Morgan fingerprint density at radius 1 is 1.22 bits per heavy atom. The van der Waals surface area contributed by atoms with Crippen LogP contribution in [-0.4, -0.2) is 48.4 Å². The number of anilines is 2. The minimum Gasteiger partial charge on any atom is -0.395 e. The van der Waals surface area contributed by atoms with E-state index in [1.807, 2.05) is 18.0 Å². The molecule has 0 aromatic carbocycles. The van der Waals surface area contributed by atoms with E-state index in [9.17, 15) is 0 Å². The first-order valence-corrected chi connectivity index (χ1v) is 6.59. The van der Waals surface area contributed by atoms with Crippen LogP contribution < -0.4 is 9.80 Å². The molecule has 0 saturated heterocycles. The van der Waals surface area contributed by atoms with Crippen LogP contribution in [0.3, 0.4) is 0 Å². The Morgan fingerprint density at radius 2 is 1.89 bits per heavy atom. The molecular weight excluding hydrogens is 228 g/mol. The molecule has 1 heterocycles. The lowest BCUT2D eigenvalue weighted by atomic mass is 10.2. The average molecular weight is 250 g/mol. The maximum absolute atomic E-state index is 8.95. The fourth-order valence-corrected chi connectivity index (χ4v) is 2.48. The van der Waals surface area contributed by atoms with Gasteiger partial charge in [0.25, 0.3) is 0 Å². The number of aliphatic hydroxyl groups excluding tert-OH is 1. The second-order valence-electron chi connectivity index (χ2n) is 4.93. The molecule has 18 heavy (non-hydrogen) atoms. The first-order valence-electron chi connectivity index (χ1n) is 6.59. The smallest absolute Gasteiger partial charge is 0.134 e. The number of nitrogens with zero attached hydrogens (tertiary/aromatic N) is 4. The summed E-state index contributed by atoms with van der Waals surface area (Å²) >= 11 is 0. The molecule has 0 spiro atoms. The van der Waals surface area contributed by atoms with Crippen LogP contribution in [0.15, 0.2) is 12.4 Å². The Balaban J connectivity index is 2.10. The van der Waals surface area contributed by atoms with Gasteiger partial charge in [0.1, 0.15) is 18.0 Å². The SMILES string of the molecule is CN(CCO)c1cc(N(C)C2CCCC2)ncn1. The van der Waals surface area contributed by atoms with Gasteiger partial charge in [0, 0.05) is 32.7 Å². The number of aliphatic hydroxyl groups is 1. The van der Waals surface area contributed by atoms with Crippen LogP contribution in [0.1, 0.15) is 25.7 Å². The van der Waals surface area contributed by atoms with Crippen molar-refractivity contribution in [3.63, 3.8) is 0 Å².